The van der Waals surface area contributed by atoms with Gasteiger partial charge in [-0.15, -0.1) is 22.7 Å². The maximum Gasteiger partial charge on any atom is 0.0368 e. The molecule has 12 rings (SSSR count). The molecule has 0 radical (unpaired) electrons. The van der Waals surface area contributed by atoms with Crippen LogP contribution in [-0.2, 0) is 0 Å². The number of fused-ring (bicyclic) bond motifs is 11. The van der Waals surface area contributed by atoms with Gasteiger partial charge in [-0.1, -0.05) is 158 Å². The predicted molar refractivity (Wildman–Crippen MR) is 239 cm³/mol. The van der Waals surface area contributed by atoms with Crippen LogP contribution in [0.1, 0.15) is 0 Å². The third kappa shape index (κ3) is 4.30. The molecule has 0 amide bonds. The lowest BCUT2D eigenvalue weighted by Gasteiger charge is -2.20. The van der Waals surface area contributed by atoms with Crippen molar-refractivity contribution in [3.63, 3.8) is 0 Å². The van der Waals surface area contributed by atoms with Crippen LogP contribution in [0.5, 0.6) is 0 Å². The van der Waals surface area contributed by atoms with Gasteiger partial charge in [-0.2, -0.15) is 0 Å². The van der Waals surface area contributed by atoms with E-state index < -0.39 is 0 Å². The Morgan fingerprint density at radius 3 is 1.39 bits per heavy atom. The number of benzene rings is 10. The van der Waals surface area contributed by atoms with Crippen molar-refractivity contribution < 1.29 is 0 Å². The first-order valence-corrected chi connectivity index (χ1v) is 20.1. The fourth-order valence-corrected chi connectivity index (χ4v) is 11.5. The van der Waals surface area contributed by atoms with E-state index >= 15 is 0 Å². The third-order valence-electron chi connectivity index (χ3n) is 11.5. The molecule has 0 aliphatic carbocycles. The number of hydrogen-bond acceptors (Lipinski definition) is 2. The molecule has 54 heavy (non-hydrogen) atoms. The minimum Gasteiger partial charge on any atom is -0.135 e. The standard InChI is InChI=1S/C52H30S2/c1-2-14-31(15-3-1)50-38-21-8-10-23-40(38)51(41-24-11-9-22-39(41)50)42-27-26-35(32-16-4-5-17-33(32)42)43-28-49-52(37-20-7-6-18-34(37)43)45-30-47-44(29-48(45)54-49)36-19-12-13-25-46(36)53-47/h1-30H. The Balaban J connectivity index is 1.13. The molecule has 0 aliphatic heterocycles. The summed E-state index contributed by atoms with van der Waals surface area (Å²) < 4.78 is 5.39. The molecule has 0 saturated carbocycles. The van der Waals surface area contributed by atoms with Crippen molar-refractivity contribution in [2.75, 3.05) is 0 Å². The maximum atomic E-state index is 2.47. The molecule has 2 heteroatoms. The van der Waals surface area contributed by atoms with E-state index in [1.54, 1.807) is 0 Å². The molecule has 0 aliphatic rings. The smallest absolute Gasteiger partial charge is 0.0368 e. The largest absolute Gasteiger partial charge is 0.135 e. The summed E-state index contributed by atoms with van der Waals surface area (Å²) in [6.45, 7) is 0. The summed E-state index contributed by atoms with van der Waals surface area (Å²) in [7, 11) is 0. The Hall–Kier alpha value is -6.32. The highest BCUT2D eigenvalue weighted by molar-refractivity contribution is 7.27. The summed E-state index contributed by atoms with van der Waals surface area (Å²) in [6.07, 6.45) is 0. The zero-order chi connectivity index (χ0) is 35.3. The molecule has 0 atom stereocenters. The van der Waals surface area contributed by atoms with Gasteiger partial charge in [0, 0.05) is 40.3 Å². The minimum absolute atomic E-state index is 1.24. The van der Waals surface area contributed by atoms with Crippen LogP contribution in [0, 0.1) is 0 Å². The van der Waals surface area contributed by atoms with E-state index in [9.17, 15) is 0 Å². The van der Waals surface area contributed by atoms with Gasteiger partial charge in [0.1, 0.15) is 0 Å². The normalized spacial score (nSPS) is 12.1. The first kappa shape index (κ1) is 30.2. The molecule has 10 aromatic carbocycles. The van der Waals surface area contributed by atoms with Crippen LogP contribution in [0.3, 0.4) is 0 Å². The van der Waals surface area contributed by atoms with Crippen molar-refractivity contribution in [2.45, 2.75) is 0 Å². The van der Waals surface area contributed by atoms with E-state index in [1.165, 1.54) is 117 Å². The Morgan fingerprint density at radius 2 is 0.704 bits per heavy atom. The van der Waals surface area contributed by atoms with Crippen LogP contribution in [0.25, 0.3) is 117 Å². The monoisotopic (exact) mass is 718 g/mol. The van der Waals surface area contributed by atoms with Crippen molar-refractivity contribution in [2.24, 2.45) is 0 Å². The van der Waals surface area contributed by atoms with Gasteiger partial charge in [0.15, 0.2) is 0 Å². The molecule has 0 nitrogen and oxygen atoms in total. The Morgan fingerprint density at radius 1 is 0.241 bits per heavy atom. The maximum absolute atomic E-state index is 2.47. The van der Waals surface area contributed by atoms with Crippen molar-refractivity contribution in [3.8, 4) is 33.4 Å². The van der Waals surface area contributed by atoms with Crippen LogP contribution in [0.15, 0.2) is 182 Å². The highest BCUT2D eigenvalue weighted by Gasteiger charge is 2.21. The zero-order valence-corrected chi connectivity index (χ0v) is 30.8. The van der Waals surface area contributed by atoms with E-state index in [0.717, 1.165) is 0 Å². The second kappa shape index (κ2) is 11.6. The molecular weight excluding hydrogens is 689 g/mol. The summed E-state index contributed by atoms with van der Waals surface area (Å²) in [4.78, 5) is 0. The van der Waals surface area contributed by atoms with Crippen molar-refractivity contribution in [1.29, 1.82) is 0 Å². The highest BCUT2D eigenvalue weighted by atomic mass is 32.1. The first-order chi connectivity index (χ1) is 26.8. The fraction of sp³-hybridized carbons (Fsp3) is 0. The second-order valence-electron chi connectivity index (χ2n) is 14.3. The first-order valence-electron chi connectivity index (χ1n) is 18.5. The molecule has 12 aromatic rings. The zero-order valence-electron chi connectivity index (χ0n) is 29.1. The van der Waals surface area contributed by atoms with Gasteiger partial charge in [0.05, 0.1) is 0 Å². The van der Waals surface area contributed by atoms with Crippen LogP contribution in [0.4, 0.5) is 0 Å². The fourth-order valence-electron chi connectivity index (χ4n) is 9.17. The second-order valence-corrected chi connectivity index (χ2v) is 16.5. The summed E-state index contributed by atoms with van der Waals surface area (Å²) in [5.74, 6) is 0. The average Bonchev–Trinajstić information content (AvgIpc) is 3.79. The van der Waals surface area contributed by atoms with Crippen molar-refractivity contribution >= 4 is 106 Å². The van der Waals surface area contributed by atoms with Gasteiger partial charge in [0.25, 0.3) is 0 Å². The van der Waals surface area contributed by atoms with Crippen molar-refractivity contribution in [3.05, 3.63) is 182 Å². The quantitative estimate of drug-likeness (QED) is 0.160. The predicted octanol–water partition coefficient (Wildman–Crippen LogP) is 16.0. The molecule has 0 unspecified atom stereocenters. The topological polar surface area (TPSA) is 0 Å². The van der Waals surface area contributed by atoms with Crippen LogP contribution >= 0.6 is 22.7 Å². The summed E-state index contributed by atoms with van der Waals surface area (Å²) in [6, 6.07) is 67.8. The minimum atomic E-state index is 1.24. The number of hydrogen-bond donors (Lipinski definition) is 0. The van der Waals surface area contributed by atoms with Gasteiger partial charge in [-0.25, -0.2) is 0 Å². The van der Waals surface area contributed by atoms with Gasteiger partial charge < -0.3 is 0 Å². The van der Waals surface area contributed by atoms with Crippen LogP contribution in [-0.4, -0.2) is 0 Å². The van der Waals surface area contributed by atoms with E-state index in [-0.39, 0.29) is 0 Å². The van der Waals surface area contributed by atoms with Gasteiger partial charge in [-0.3, -0.25) is 0 Å². The summed E-state index contributed by atoms with van der Waals surface area (Å²) >= 11 is 3.82. The van der Waals surface area contributed by atoms with E-state index in [0.29, 0.717) is 0 Å². The average molecular weight is 719 g/mol. The molecule has 0 N–H and O–H groups in total. The third-order valence-corrected chi connectivity index (χ3v) is 13.7. The van der Waals surface area contributed by atoms with Crippen LogP contribution in [0.2, 0.25) is 0 Å². The molecule has 0 fully saturated rings. The summed E-state index contributed by atoms with van der Waals surface area (Å²) in [5.41, 5.74) is 7.65. The SMILES string of the molecule is c1ccc(-c2c3ccccc3c(-c3ccc(-c4cc5sc6cc7c(cc6c5c5ccccc45)sc4ccccc47)c4ccccc34)c3ccccc23)cc1. The molecule has 0 bridgehead atoms. The lowest BCUT2D eigenvalue weighted by atomic mass is 9.83. The molecule has 0 saturated heterocycles. The van der Waals surface area contributed by atoms with Gasteiger partial charge in [-0.05, 0) is 101 Å². The highest BCUT2D eigenvalue weighted by Crippen LogP contribution is 2.49. The molecule has 250 valence electrons. The van der Waals surface area contributed by atoms with Gasteiger partial charge >= 0.3 is 0 Å². The van der Waals surface area contributed by atoms with Crippen LogP contribution < -0.4 is 0 Å². The molecule has 2 heterocycles. The van der Waals surface area contributed by atoms with E-state index in [2.05, 4.69) is 182 Å². The molecule has 0 spiro atoms. The lowest BCUT2D eigenvalue weighted by Crippen LogP contribution is -1.92. The van der Waals surface area contributed by atoms with Gasteiger partial charge in [0.2, 0.25) is 0 Å². The Kier molecular flexibility index (Phi) is 6.48. The number of thiophene rings is 2. The number of rotatable bonds is 3. The molecule has 2 aromatic heterocycles. The van der Waals surface area contributed by atoms with Crippen molar-refractivity contribution in [1.82, 2.24) is 0 Å². The van der Waals surface area contributed by atoms with E-state index in [1.807, 2.05) is 22.7 Å². The van der Waals surface area contributed by atoms with E-state index in [4.69, 9.17) is 0 Å². The summed E-state index contributed by atoms with van der Waals surface area (Å²) in [5, 5.41) is 15.7. The lowest BCUT2D eigenvalue weighted by molar-refractivity contribution is 1.66. The Labute approximate surface area is 319 Å². The Bertz CT molecular complexity index is 3430. The molecular formula is C52H30S2.